The number of piperidine rings is 1. The lowest BCUT2D eigenvalue weighted by Crippen LogP contribution is -2.39. The molecular formula is C11H12F3N3O3. The van der Waals surface area contributed by atoms with Crippen LogP contribution in [0.5, 0.6) is 0 Å². The summed E-state index contributed by atoms with van der Waals surface area (Å²) in [4.78, 5) is 20.0. The molecule has 1 aliphatic heterocycles. The first-order chi connectivity index (χ1) is 9.35. The van der Waals surface area contributed by atoms with Crippen molar-refractivity contribution in [3.8, 4) is 0 Å². The van der Waals surface area contributed by atoms with E-state index in [9.17, 15) is 18.0 Å². The van der Waals surface area contributed by atoms with Crippen molar-refractivity contribution in [2.24, 2.45) is 0 Å². The number of aromatic carboxylic acids is 1. The number of rotatable bonds is 3. The summed E-state index contributed by atoms with van der Waals surface area (Å²) in [6.07, 6.45) is -2.60. The van der Waals surface area contributed by atoms with Crippen LogP contribution in [0.2, 0.25) is 0 Å². The molecule has 20 heavy (non-hydrogen) atoms. The van der Waals surface area contributed by atoms with E-state index in [0.717, 1.165) is 6.20 Å². The molecule has 0 bridgehead atoms. The number of alkyl halides is 3. The third kappa shape index (κ3) is 3.80. The molecule has 0 saturated carbocycles. The van der Waals surface area contributed by atoms with Crippen LogP contribution in [0.4, 0.5) is 19.0 Å². The summed E-state index contributed by atoms with van der Waals surface area (Å²) in [5.74, 6) is -0.734. The van der Waals surface area contributed by atoms with E-state index in [1.54, 1.807) is 4.90 Å². The number of aromatic nitrogens is 2. The number of anilines is 1. The zero-order valence-electron chi connectivity index (χ0n) is 10.3. The maximum absolute atomic E-state index is 12.1. The molecule has 0 unspecified atom stereocenters. The molecule has 1 fully saturated rings. The van der Waals surface area contributed by atoms with Gasteiger partial charge in [-0.1, -0.05) is 0 Å². The van der Waals surface area contributed by atoms with Crippen LogP contribution < -0.4 is 4.90 Å². The second-order valence-electron chi connectivity index (χ2n) is 4.31. The number of ether oxygens (including phenoxy) is 1. The van der Waals surface area contributed by atoms with Gasteiger partial charge in [-0.15, -0.1) is 13.2 Å². The van der Waals surface area contributed by atoms with Crippen molar-refractivity contribution in [1.82, 2.24) is 9.97 Å². The maximum atomic E-state index is 12.1. The van der Waals surface area contributed by atoms with Gasteiger partial charge in [-0.2, -0.15) is 0 Å². The summed E-state index contributed by atoms with van der Waals surface area (Å²) >= 11 is 0. The lowest BCUT2D eigenvalue weighted by molar-refractivity contribution is -0.344. The van der Waals surface area contributed by atoms with Gasteiger partial charge in [0.25, 0.3) is 0 Å². The normalized spacial score (nSPS) is 17.2. The maximum Gasteiger partial charge on any atom is 0.522 e. The van der Waals surface area contributed by atoms with Crippen molar-refractivity contribution in [2.75, 3.05) is 18.0 Å². The Bertz CT molecular complexity index is 470. The fourth-order valence-corrected chi connectivity index (χ4v) is 1.99. The number of halogens is 3. The highest BCUT2D eigenvalue weighted by Crippen LogP contribution is 2.25. The monoisotopic (exact) mass is 291 g/mol. The third-order valence-corrected chi connectivity index (χ3v) is 2.92. The van der Waals surface area contributed by atoms with E-state index in [2.05, 4.69) is 14.7 Å². The molecule has 1 aromatic heterocycles. The summed E-state index contributed by atoms with van der Waals surface area (Å²) in [5.41, 5.74) is -0.177. The van der Waals surface area contributed by atoms with E-state index < -0.39 is 18.4 Å². The first-order valence-corrected chi connectivity index (χ1v) is 5.90. The summed E-state index contributed by atoms with van der Waals surface area (Å²) in [5, 5.41) is 8.69. The van der Waals surface area contributed by atoms with E-state index >= 15 is 0 Å². The predicted octanol–water partition coefficient (Wildman–Crippen LogP) is 1.68. The fraction of sp³-hybridized carbons (Fsp3) is 0.545. The van der Waals surface area contributed by atoms with Gasteiger partial charge in [0.05, 0.1) is 18.5 Å². The molecule has 110 valence electrons. The van der Waals surface area contributed by atoms with Crippen molar-refractivity contribution < 1.29 is 27.8 Å². The highest BCUT2D eigenvalue weighted by molar-refractivity contribution is 5.84. The Hall–Kier alpha value is -1.90. The topological polar surface area (TPSA) is 75.5 Å². The molecule has 6 nitrogen and oxygen atoms in total. The highest BCUT2D eigenvalue weighted by Gasteiger charge is 2.35. The van der Waals surface area contributed by atoms with E-state index in [-0.39, 0.29) is 18.5 Å². The molecule has 1 saturated heterocycles. The Balaban J connectivity index is 1.92. The van der Waals surface area contributed by atoms with E-state index in [1.165, 1.54) is 6.20 Å². The lowest BCUT2D eigenvalue weighted by Gasteiger charge is -2.32. The summed E-state index contributed by atoms with van der Waals surface area (Å²) in [6.45, 7) is 0.698. The Labute approximate surface area is 112 Å². The Kier molecular flexibility index (Phi) is 4.07. The zero-order valence-corrected chi connectivity index (χ0v) is 10.3. The summed E-state index contributed by atoms with van der Waals surface area (Å²) in [6, 6.07) is 0. The van der Waals surface area contributed by atoms with Gasteiger partial charge in [0.15, 0.2) is 5.69 Å². The minimum atomic E-state index is -4.62. The quantitative estimate of drug-likeness (QED) is 0.913. The first-order valence-electron chi connectivity index (χ1n) is 5.90. The van der Waals surface area contributed by atoms with E-state index in [0.29, 0.717) is 18.9 Å². The Morgan fingerprint density at radius 3 is 2.40 bits per heavy atom. The van der Waals surface area contributed by atoms with Gasteiger partial charge in [-0.3, -0.25) is 4.74 Å². The second-order valence-corrected chi connectivity index (χ2v) is 4.31. The average Bonchev–Trinajstić information content (AvgIpc) is 2.38. The molecule has 2 heterocycles. The minimum absolute atomic E-state index is 0.177. The van der Waals surface area contributed by atoms with Gasteiger partial charge in [0.2, 0.25) is 0 Å². The Morgan fingerprint density at radius 2 is 1.95 bits per heavy atom. The van der Waals surface area contributed by atoms with Crippen molar-refractivity contribution in [2.45, 2.75) is 25.3 Å². The van der Waals surface area contributed by atoms with Crippen molar-refractivity contribution in [1.29, 1.82) is 0 Å². The highest BCUT2D eigenvalue weighted by atomic mass is 19.4. The van der Waals surface area contributed by atoms with Crippen LogP contribution in [0.3, 0.4) is 0 Å². The smallest absolute Gasteiger partial charge is 0.476 e. The second kappa shape index (κ2) is 5.61. The van der Waals surface area contributed by atoms with Gasteiger partial charge in [-0.05, 0) is 12.8 Å². The average molecular weight is 291 g/mol. The lowest BCUT2D eigenvalue weighted by atomic mass is 10.1. The SMILES string of the molecule is O=C(O)c1cnc(N2CCC(OC(F)(F)F)CC2)cn1. The van der Waals surface area contributed by atoms with Gasteiger partial charge < -0.3 is 10.0 Å². The molecule has 9 heteroatoms. The molecule has 1 aliphatic rings. The van der Waals surface area contributed by atoms with Crippen molar-refractivity contribution in [3.63, 3.8) is 0 Å². The van der Waals surface area contributed by atoms with Gasteiger partial charge >= 0.3 is 12.3 Å². The predicted molar refractivity (Wildman–Crippen MR) is 61.4 cm³/mol. The number of hydrogen-bond donors (Lipinski definition) is 1. The molecule has 0 radical (unpaired) electrons. The molecule has 0 amide bonds. The van der Waals surface area contributed by atoms with Crippen LogP contribution in [-0.2, 0) is 4.74 Å². The summed E-state index contributed by atoms with van der Waals surface area (Å²) < 4.78 is 40.2. The van der Waals surface area contributed by atoms with Crippen LogP contribution >= 0.6 is 0 Å². The number of hydrogen-bond acceptors (Lipinski definition) is 5. The Morgan fingerprint density at radius 1 is 1.30 bits per heavy atom. The minimum Gasteiger partial charge on any atom is -0.476 e. The first kappa shape index (κ1) is 14.5. The van der Waals surface area contributed by atoms with Crippen LogP contribution in [-0.4, -0.2) is 46.6 Å². The molecule has 2 rings (SSSR count). The summed E-state index contributed by atoms with van der Waals surface area (Å²) in [7, 11) is 0. The largest absolute Gasteiger partial charge is 0.522 e. The molecule has 1 aromatic rings. The fourth-order valence-electron chi connectivity index (χ4n) is 1.99. The number of carboxylic acids is 1. The van der Waals surface area contributed by atoms with Crippen molar-refractivity contribution >= 4 is 11.8 Å². The van der Waals surface area contributed by atoms with Crippen LogP contribution in [0.15, 0.2) is 12.4 Å². The van der Waals surface area contributed by atoms with Crippen LogP contribution in [0, 0.1) is 0 Å². The van der Waals surface area contributed by atoms with Crippen LogP contribution in [0.25, 0.3) is 0 Å². The number of carbonyl (C=O) groups is 1. The molecule has 1 N–H and O–H groups in total. The molecule has 0 spiro atoms. The third-order valence-electron chi connectivity index (χ3n) is 2.92. The molecule has 0 atom stereocenters. The zero-order chi connectivity index (χ0) is 14.8. The number of nitrogens with zero attached hydrogens (tertiary/aromatic N) is 3. The van der Waals surface area contributed by atoms with E-state index in [4.69, 9.17) is 5.11 Å². The van der Waals surface area contributed by atoms with Gasteiger partial charge in [0.1, 0.15) is 5.82 Å². The number of carboxylic acid groups (broad SMARTS) is 1. The molecule has 0 aliphatic carbocycles. The molecular weight excluding hydrogens is 279 g/mol. The molecule has 0 aromatic carbocycles. The van der Waals surface area contributed by atoms with Crippen LogP contribution in [0.1, 0.15) is 23.3 Å². The van der Waals surface area contributed by atoms with E-state index in [1.807, 2.05) is 0 Å². The van der Waals surface area contributed by atoms with Gasteiger partial charge in [0, 0.05) is 13.1 Å². The van der Waals surface area contributed by atoms with Gasteiger partial charge in [-0.25, -0.2) is 14.8 Å². The standard InChI is InChI=1S/C11H12F3N3O3/c12-11(13,14)20-7-1-3-17(4-2-7)9-6-15-8(5-16-9)10(18)19/h5-7H,1-4H2,(H,18,19). The van der Waals surface area contributed by atoms with Crippen molar-refractivity contribution in [3.05, 3.63) is 18.1 Å².